The highest BCUT2D eigenvalue weighted by atomic mass is 15.0. The van der Waals surface area contributed by atoms with E-state index in [4.69, 9.17) is 29.9 Å². The van der Waals surface area contributed by atoms with Crippen molar-refractivity contribution in [3.8, 4) is 125 Å². The molecular formula is C110H68N8. The second kappa shape index (κ2) is 29.2. The van der Waals surface area contributed by atoms with Gasteiger partial charge in [-0.25, -0.2) is 29.9 Å². The minimum atomic E-state index is -0.614. The third-order valence-corrected chi connectivity index (χ3v) is 23.7. The molecule has 2 heterocycles. The number of rotatable bonds is 12. The number of aromatic nitrogens is 6. The molecule has 20 aromatic rings. The van der Waals surface area contributed by atoms with Crippen molar-refractivity contribution in [3.63, 3.8) is 0 Å². The van der Waals surface area contributed by atoms with Gasteiger partial charge in [-0.05, 0) is 145 Å². The summed E-state index contributed by atoms with van der Waals surface area (Å²) in [5.74, 6) is 3.68. The van der Waals surface area contributed by atoms with E-state index in [2.05, 4.69) is 400 Å². The summed E-state index contributed by atoms with van der Waals surface area (Å²) in [6.07, 6.45) is 0. The molecule has 0 aliphatic heterocycles. The lowest BCUT2D eigenvalue weighted by molar-refractivity contribution is 0.768. The van der Waals surface area contributed by atoms with Gasteiger partial charge in [0.25, 0.3) is 0 Å². The Morgan fingerprint density at radius 3 is 0.822 bits per heavy atom. The van der Waals surface area contributed by atoms with E-state index in [0.717, 1.165) is 165 Å². The molecule has 548 valence electrons. The van der Waals surface area contributed by atoms with E-state index in [1.165, 1.54) is 0 Å². The molecular weight excluding hydrogens is 1430 g/mol. The summed E-state index contributed by atoms with van der Waals surface area (Å²) in [5.41, 5.74) is 23.1. The number of hydrogen-bond acceptors (Lipinski definition) is 8. The van der Waals surface area contributed by atoms with Crippen molar-refractivity contribution in [2.75, 3.05) is 0 Å². The predicted molar refractivity (Wildman–Crippen MR) is 477 cm³/mol. The fourth-order valence-corrected chi connectivity index (χ4v) is 18.4. The molecule has 0 fully saturated rings. The zero-order valence-corrected chi connectivity index (χ0v) is 63.8. The summed E-state index contributed by atoms with van der Waals surface area (Å²) in [5, 5.41) is 30.2. The number of hydrogen-bond donors (Lipinski definition) is 0. The zero-order valence-electron chi connectivity index (χ0n) is 63.8. The zero-order chi connectivity index (χ0) is 78.7. The highest BCUT2D eigenvalue weighted by Gasteiger charge is 2.49. The van der Waals surface area contributed by atoms with Gasteiger partial charge >= 0.3 is 0 Å². The molecule has 0 N–H and O–H groups in total. The normalized spacial score (nSPS) is 12.5. The molecule has 0 amide bonds. The lowest BCUT2D eigenvalue weighted by Crippen LogP contribution is -2.28. The van der Waals surface area contributed by atoms with E-state index in [9.17, 15) is 10.5 Å². The summed E-state index contributed by atoms with van der Waals surface area (Å²) >= 11 is 0. The molecule has 0 bridgehead atoms. The van der Waals surface area contributed by atoms with Crippen molar-refractivity contribution < 1.29 is 0 Å². The topological polar surface area (TPSA) is 125 Å². The van der Waals surface area contributed by atoms with Crippen LogP contribution in [0.15, 0.2) is 413 Å². The number of nitriles is 2. The van der Waals surface area contributed by atoms with E-state index < -0.39 is 10.8 Å². The fraction of sp³-hybridized carbons (Fsp3) is 0.0182. The van der Waals surface area contributed by atoms with Crippen molar-refractivity contribution in [2.24, 2.45) is 0 Å². The van der Waals surface area contributed by atoms with Gasteiger partial charge in [-0.1, -0.05) is 388 Å². The van der Waals surface area contributed by atoms with Gasteiger partial charge < -0.3 is 0 Å². The Balaban J connectivity index is 0.000000147. The first-order chi connectivity index (χ1) is 58.4. The molecule has 8 nitrogen and oxygen atoms in total. The predicted octanol–water partition coefficient (Wildman–Crippen LogP) is 26.2. The summed E-state index contributed by atoms with van der Waals surface area (Å²) in [7, 11) is 0. The molecule has 0 spiro atoms. The van der Waals surface area contributed by atoms with Crippen molar-refractivity contribution in [3.05, 3.63) is 468 Å². The average Bonchev–Trinajstić information content (AvgIpc) is 1.53. The van der Waals surface area contributed by atoms with Crippen LogP contribution in [0.25, 0.3) is 156 Å². The molecule has 0 atom stereocenters. The quantitative estimate of drug-likeness (QED) is 0.118. The van der Waals surface area contributed by atoms with Crippen LogP contribution >= 0.6 is 0 Å². The van der Waals surface area contributed by atoms with Gasteiger partial charge in [0, 0.05) is 44.5 Å². The van der Waals surface area contributed by atoms with Gasteiger partial charge in [0.15, 0.2) is 34.9 Å². The second-order valence-electron chi connectivity index (χ2n) is 30.0. The van der Waals surface area contributed by atoms with Crippen LogP contribution in [0.1, 0.15) is 55.6 Å². The van der Waals surface area contributed by atoms with Crippen LogP contribution in [-0.2, 0) is 10.8 Å². The average molecular weight is 1500 g/mol. The van der Waals surface area contributed by atoms with E-state index in [-0.39, 0.29) is 0 Å². The molecule has 18 aromatic carbocycles. The standard InChI is InChI=1S/2C55H34N4/c56-35-40-19-13-29-48-50(40)51-45(26-14-30-49(51)55(48,41-20-3-1-4-21-41)42-22-5-2-6-23-42)38-31-33-39(34-32-38)52-57-53(46-27-11-17-36-15-7-9-24-43(36)46)59-54(58-52)47-28-12-18-37-16-8-10-25-44(37)47;56-35-44-17-11-23-48-50(44)51-47(22-12-24-49(51)55(48,45-18-3-1-4-19-45)46-20-5-2-6-21-46)38-27-29-39(30-28-38)52-57-53(42-31-25-36-13-7-9-15-40(36)33-42)59-54(58-52)43-32-26-37-14-8-10-16-41(37)34-43/h2*1-34H. The summed E-state index contributed by atoms with van der Waals surface area (Å²) in [6, 6.07) is 149. The van der Waals surface area contributed by atoms with Gasteiger partial charge in [-0.15, -0.1) is 0 Å². The molecule has 0 radical (unpaired) electrons. The largest absolute Gasteiger partial charge is 0.208 e. The third-order valence-electron chi connectivity index (χ3n) is 23.7. The fourth-order valence-electron chi connectivity index (χ4n) is 18.4. The maximum atomic E-state index is 10.6. The van der Waals surface area contributed by atoms with E-state index >= 15 is 0 Å². The second-order valence-corrected chi connectivity index (χ2v) is 30.0. The van der Waals surface area contributed by atoms with Crippen LogP contribution in [0, 0.1) is 22.7 Å². The Hall–Kier alpha value is -16.0. The van der Waals surface area contributed by atoms with E-state index in [0.29, 0.717) is 46.1 Å². The van der Waals surface area contributed by atoms with Crippen molar-refractivity contribution in [2.45, 2.75) is 10.8 Å². The summed E-state index contributed by atoms with van der Waals surface area (Å²) in [4.78, 5) is 30.8. The van der Waals surface area contributed by atoms with Crippen LogP contribution in [-0.4, -0.2) is 29.9 Å². The Morgan fingerprint density at radius 1 is 0.186 bits per heavy atom. The molecule has 22 rings (SSSR count). The van der Waals surface area contributed by atoms with Crippen molar-refractivity contribution >= 4 is 43.1 Å². The summed E-state index contributed by atoms with van der Waals surface area (Å²) in [6.45, 7) is 0. The smallest absolute Gasteiger partial charge is 0.164 e. The minimum absolute atomic E-state index is 0.597. The van der Waals surface area contributed by atoms with Gasteiger partial charge in [-0.3, -0.25) is 0 Å². The van der Waals surface area contributed by atoms with Gasteiger partial charge in [0.2, 0.25) is 0 Å². The first-order valence-electron chi connectivity index (χ1n) is 39.7. The van der Waals surface area contributed by atoms with Gasteiger partial charge in [0.05, 0.1) is 34.1 Å². The number of fused-ring (bicyclic) bond motifs is 10. The van der Waals surface area contributed by atoms with Gasteiger partial charge in [0.1, 0.15) is 0 Å². The van der Waals surface area contributed by atoms with Gasteiger partial charge in [-0.2, -0.15) is 10.5 Å². The Morgan fingerprint density at radius 2 is 0.449 bits per heavy atom. The minimum Gasteiger partial charge on any atom is -0.208 e. The lowest BCUT2D eigenvalue weighted by Gasteiger charge is -2.34. The van der Waals surface area contributed by atoms with E-state index in [1.807, 2.05) is 24.3 Å². The van der Waals surface area contributed by atoms with Crippen LogP contribution in [0.4, 0.5) is 0 Å². The Labute approximate surface area is 683 Å². The number of nitrogens with zero attached hydrogens (tertiary/aromatic N) is 8. The molecule has 0 saturated carbocycles. The highest BCUT2D eigenvalue weighted by Crippen LogP contribution is 2.61. The van der Waals surface area contributed by atoms with Crippen molar-refractivity contribution in [1.82, 2.24) is 29.9 Å². The summed E-state index contributed by atoms with van der Waals surface area (Å²) < 4.78 is 0. The molecule has 8 heteroatoms. The van der Waals surface area contributed by atoms with Crippen LogP contribution in [0.2, 0.25) is 0 Å². The Bertz CT molecular complexity index is 7160. The molecule has 2 aliphatic carbocycles. The maximum absolute atomic E-state index is 10.6. The SMILES string of the molecule is N#Cc1cccc2c1-c1c(-c3ccc(-c4nc(-c5ccc6ccccc6c5)nc(-c5ccc6ccccc6c5)n4)cc3)cccc1C2(c1ccccc1)c1ccccc1.N#Cc1cccc2c1-c1c(-c3ccc(-c4nc(-c5cccc6ccccc56)nc(-c5cccc6ccccc56)n4)cc3)cccc1C2(c1ccccc1)c1ccccc1. The van der Waals surface area contributed by atoms with E-state index in [1.54, 1.807) is 0 Å². The van der Waals surface area contributed by atoms with Crippen LogP contribution in [0.3, 0.4) is 0 Å². The molecule has 2 aromatic heterocycles. The molecule has 0 saturated heterocycles. The molecule has 2 aliphatic rings. The monoisotopic (exact) mass is 1500 g/mol. The lowest BCUT2D eigenvalue weighted by atomic mass is 9.67. The number of benzene rings is 18. The maximum Gasteiger partial charge on any atom is 0.164 e. The van der Waals surface area contributed by atoms with Crippen molar-refractivity contribution in [1.29, 1.82) is 10.5 Å². The third kappa shape index (κ3) is 11.7. The molecule has 118 heavy (non-hydrogen) atoms. The highest BCUT2D eigenvalue weighted by molar-refractivity contribution is 6.02. The first kappa shape index (κ1) is 69.9. The molecule has 0 unspecified atom stereocenters. The Kier molecular flexibility index (Phi) is 17.3. The van der Waals surface area contributed by atoms with Crippen LogP contribution in [0.5, 0.6) is 0 Å². The first-order valence-corrected chi connectivity index (χ1v) is 39.7. The van der Waals surface area contributed by atoms with Crippen LogP contribution < -0.4 is 0 Å².